The SMILES string of the molecule is COCc1cc2ccc(C=CC(C)(C)C(=O)O)cc2nc1C(C)O. The molecule has 0 saturated carbocycles. The monoisotopic (exact) mass is 329 g/mol. The summed E-state index contributed by atoms with van der Waals surface area (Å²) in [7, 11) is 1.61. The van der Waals surface area contributed by atoms with Gasteiger partial charge in [0.2, 0.25) is 0 Å². The number of aliphatic carboxylic acids is 1. The molecule has 0 fully saturated rings. The summed E-state index contributed by atoms with van der Waals surface area (Å²) < 4.78 is 5.17. The van der Waals surface area contributed by atoms with Crippen molar-refractivity contribution in [1.29, 1.82) is 0 Å². The molecule has 0 bridgehead atoms. The largest absolute Gasteiger partial charge is 0.481 e. The Bertz CT molecular complexity index is 778. The Morgan fingerprint density at radius 3 is 2.67 bits per heavy atom. The summed E-state index contributed by atoms with van der Waals surface area (Å²) in [6.45, 7) is 5.35. The second-order valence-corrected chi connectivity index (χ2v) is 6.45. The van der Waals surface area contributed by atoms with E-state index in [0.29, 0.717) is 12.3 Å². The van der Waals surface area contributed by atoms with Crippen molar-refractivity contribution in [1.82, 2.24) is 4.98 Å². The van der Waals surface area contributed by atoms with Gasteiger partial charge in [-0.2, -0.15) is 0 Å². The number of methoxy groups -OCH3 is 1. The molecule has 1 atom stereocenters. The van der Waals surface area contributed by atoms with Crippen LogP contribution in [0.25, 0.3) is 17.0 Å². The van der Waals surface area contributed by atoms with Gasteiger partial charge >= 0.3 is 5.97 Å². The third-order valence-electron chi connectivity index (χ3n) is 3.89. The summed E-state index contributed by atoms with van der Waals surface area (Å²) in [4.78, 5) is 15.7. The van der Waals surface area contributed by atoms with Crippen LogP contribution in [0.4, 0.5) is 0 Å². The minimum atomic E-state index is -0.935. The van der Waals surface area contributed by atoms with Crippen molar-refractivity contribution in [3.05, 3.63) is 47.2 Å². The van der Waals surface area contributed by atoms with Crippen molar-refractivity contribution in [3.8, 4) is 0 Å². The Balaban J connectivity index is 2.45. The van der Waals surface area contributed by atoms with Gasteiger partial charge in [0.05, 0.1) is 29.3 Å². The molecule has 0 amide bonds. The standard InChI is InChI=1S/C19H23NO4/c1-12(21)17-15(11-24-4)10-14-6-5-13(9-16(14)20-17)7-8-19(2,3)18(22)23/h5-10,12,21H,11H2,1-4H3,(H,22,23). The van der Waals surface area contributed by atoms with Gasteiger partial charge < -0.3 is 14.9 Å². The van der Waals surface area contributed by atoms with Crippen molar-refractivity contribution in [2.45, 2.75) is 33.5 Å². The van der Waals surface area contributed by atoms with E-state index < -0.39 is 17.5 Å². The fourth-order valence-electron chi connectivity index (χ4n) is 2.36. The average Bonchev–Trinajstić information content (AvgIpc) is 2.52. The number of ether oxygens (including phenoxy) is 1. The number of fused-ring (bicyclic) bond motifs is 1. The minimum absolute atomic E-state index is 0.387. The maximum atomic E-state index is 11.2. The number of carbonyl (C=O) groups is 1. The molecule has 5 heteroatoms. The maximum Gasteiger partial charge on any atom is 0.312 e. The van der Waals surface area contributed by atoms with Crippen LogP contribution < -0.4 is 0 Å². The number of pyridine rings is 1. The topological polar surface area (TPSA) is 79.7 Å². The summed E-state index contributed by atoms with van der Waals surface area (Å²) in [5.41, 5.74) is 2.13. The lowest BCUT2D eigenvalue weighted by atomic mass is 9.92. The van der Waals surface area contributed by atoms with E-state index in [1.54, 1.807) is 40.0 Å². The van der Waals surface area contributed by atoms with Gasteiger partial charge in [0.25, 0.3) is 0 Å². The molecule has 0 radical (unpaired) electrons. The van der Waals surface area contributed by atoms with Crippen LogP contribution in [0.1, 0.15) is 43.7 Å². The van der Waals surface area contributed by atoms with E-state index in [1.807, 2.05) is 24.3 Å². The number of benzene rings is 1. The first-order valence-electron chi connectivity index (χ1n) is 7.78. The first-order chi connectivity index (χ1) is 11.2. The Labute approximate surface area is 141 Å². The molecule has 2 N–H and O–H groups in total. The number of carboxylic acid groups (broad SMARTS) is 1. The summed E-state index contributed by atoms with van der Waals surface area (Å²) in [6, 6.07) is 7.69. The molecule has 0 saturated heterocycles. The maximum absolute atomic E-state index is 11.2. The molecule has 1 unspecified atom stereocenters. The smallest absolute Gasteiger partial charge is 0.312 e. The molecule has 1 aromatic carbocycles. The molecular weight excluding hydrogens is 306 g/mol. The van der Waals surface area contributed by atoms with Crippen molar-refractivity contribution in [3.63, 3.8) is 0 Å². The van der Waals surface area contributed by atoms with Gasteiger partial charge in [0.15, 0.2) is 0 Å². The summed E-state index contributed by atoms with van der Waals surface area (Å²) >= 11 is 0. The Kier molecular flexibility index (Phi) is 5.36. The predicted octanol–water partition coefficient (Wildman–Crippen LogP) is 3.56. The van der Waals surface area contributed by atoms with Crippen LogP contribution in [-0.4, -0.2) is 28.3 Å². The highest BCUT2D eigenvalue weighted by molar-refractivity contribution is 5.83. The van der Waals surface area contributed by atoms with Crippen LogP contribution in [0.2, 0.25) is 0 Å². The highest BCUT2D eigenvalue weighted by atomic mass is 16.5. The molecule has 5 nitrogen and oxygen atoms in total. The fourth-order valence-corrected chi connectivity index (χ4v) is 2.36. The second-order valence-electron chi connectivity index (χ2n) is 6.45. The minimum Gasteiger partial charge on any atom is -0.481 e. The third kappa shape index (κ3) is 3.99. The molecule has 1 aromatic heterocycles. The van der Waals surface area contributed by atoms with Crippen LogP contribution in [0.5, 0.6) is 0 Å². The number of rotatable bonds is 6. The second kappa shape index (κ2) is 7.11. The van der Waals surface area contributed by atoms with Crippen LogP contribution in [0.3, 0.4) is 0 Å². The number of aromatic nitrogens is 1. The molecule has 0 aliphatic heterocycles. The lowest BCUT2D eigenvalue weighted by Crippen LogP contribution is -2.20. The number of hydrogen-bond donors (Lipinski definition) is 2. The molecule has 0 aliphatic carbocycles. The number of hydrogen-bond acceptors (Lipinski definition) is 4. The summed E-state index contributed by atoms with van der Waals surface area (Å²) in [6.07, 6.45) is 2.75. The third-order valence-corrected chi connectivity index (χ3v) is 3.89. The number of nitrogens with zero attached hydrogens (tertiary/aromatic N) is 1. The molecule has 2 aromatic rings. The van der Waals surface area contributed by atoms with Gasteiger partial charge in [-0.15, -0.1) is 0 Å². The highest BCUT2D eigenvalue weighted by Gasteiger charge is 2.23. The van der Waals surface area contributed by atoms with Crippen LogP contribution in [-0.2, 0) is 16.1 Å². The Morgan fingerprint density at radius 1 is 1.38 bits per heavy atom. The van der Waals surface area contributed by atoms with Gasteiger partial charge in [0, 0.05) is 18.1 Å². The molecule has 1 heterocycles. The van der Waals surface area contributed by atoms with Crippen molar-refractivity contribution in [2.75, 3.05) is 7.11 Å². The van der Waals surface area contributed by atoms with Crippen LogP contribution in [0, 0.1) is 5.41 Å². The summed E-state index contributed by atoms with van der Waals surface area (Å²) in [5, 5.41) is 20.0. The summed E-state index contributed by atoms with van der Waals surface area (Å²) in [5.74, 6) is -0.877. The van der Waals surface area contributed by atoms with Gasteiger partial charge in [-0.3, -0.25) is 4.79 Å². The zero-order valence-electron chi connectivity index (χ0n) is 14.4. The Morgan fingerprint density at radius 2 is 2.08 bits per heavy atom. The zero-order valence-corrected chi connectivity index (χ0v) is 14.4. The van der Waals surface area contributed by atoms with Gasteiger partial charge in [0.1, 0.15) is 0 Å². The molecule has 0 spiro atoms. The first kappa shape index (κ1) is 18.1. The van der Waals surface area contributed by atoms with E-state index in [0.717, 1.165) is 22.0 Å². The number of aliphatic hydroxyl groups is 1. The van der Waals surface area contributed by atoms with Gasteiger partial charge in [-0.25, -0.2) is 4.98 Å². The van der Waals surface area contributed by atoms with Gasteiger partial charge in [-0.1, -0.05) is 24.3 Å². The Hall–Kier alpha value is -2.24. The van der Waals surface area contributed by atoms with Crippen LogP contribution in [0.15, 0.2) is 30.3 Å². The lowest BCUT2D eigenvalue weighted by molar-refractivity contribution is -0.144. The van der Waals surface area contributed by atoms with Crippen molar-refractivity contribution < 1.29 is 19.7 Å². The van der Waals surface area contributed by atoms with E-state index in [1.165, 1.54) is 0 Å². The van der Waals surface area contributed by atoms with E-state index in [9.17, 15) is 9.90 Å². The first-order valence-corrected chi connectivity index (χ1v) is 7.78. The molecule has 0 aliphatic rings. The quantitative estimate of drug-likeness (QED) is 0.847. The molecule has 24 heavy (non-hydrogen) atoms. The molecule has 128 valence electrons. The number of carboxylic acids is 1. The highest BCUT2D eigenvalue weighted by Crippen LogP contribution is 2.25. The normalized spacial score (nSPS) is 13.5. The van der Waals surface area contributed by atoms with Gasteiger partial charge in [-0.05, 0) is 38.5 Å². The van der Waals surface area contributed by atoms with Crippen LogP contribution >= 0.6 is 0 Å². The molecular formula is C19H23NO4. The van der Waals surface area contributed by atoms with E-state index in [2.05, 4.69) is 4.98 Å². The van der Waals surface area contributed by atoms with Crippen molar-refractivity contribution in [2.24, 2.45) is 5.41 Å². The predicted molar refractivity (Wildman–Crippen MR) is 93.5 cm³/mol. The van der Waals surface area contributed by atoms with E-state index in [4.69, 9.17) is 9.84 Å². The lowest BCUT2D eigenvalue weighted by Gasteiger charge is -2.14. The average molecular weight is 329 g/mol. The number of aliphatic hydroxyl groups excluding tert-OH is 1. The van der Waals surface area contributed by atoms with E-state index >= 15 is 0 Å². The van der Waals surface area contributed by atoms with Crippen molar-refractivity contribution >= 4 is 22.9 Å². The molecule has 2 rings (SSSR count). The zero-order chi connectivity index (χ0) is 17.9. The van der Waals surface area contributed by atoms with E-state index in [-0.39, 0.29) is 0 Å². The fraction of sp³-hybridized carbons (Fsp3) is 0.368.